The molecule has 10 unspecified atom stereocenters. The average Bonchev–Trinajstić information content (AvgIpc) is 3.30. The number of hydrogen-bond acceptors (Lipinski definition) is 10. The van der Waals surface area contributed by atoms with Gasteiger partial charge in [0.05, 0.1) is 24.2 Å². The Bertz CT molecular complexity index is 1430. The number of benzene rings is 2. The van der Waals surface area contributed by atoms with Crippen molar-refractivity contribution in [2.45, 2.75) is 80.9 Å². The minimum absolute atomic E-state index is 0.527. The first-order valence-corrected chi connectivity index (χ1v) is 13.9. The molecule has 2 aliphatic rings. The van der Waals surface area contributed by atoms with Crippen LogP contribution in [0.15, 0.2) is 36.4 Å². The van der Waals surface area contributed by atoms with Crippen LogP contribution in [0.5, 0.6) is 0 Å². The van der Waals surface area contributed by atoms with Gasteiger partial charge in [0.25, 0.3) is 0 Å². The number of hydrogen-bond donors (Lipinski definition) is 8. The van der Waals surface area contributed by atoms with Gasteiger partial charge in [-0.05, 0) is 30.7 Å². The topological polar surface area (TPSA) is 185 Å². The Morgan fingerprint density at radius 2 is 1.07 bits per heavy atom. The first-order chi connectivity index (χ1) is 20.2. The lowest BCUT2D eigenvalue weighted by Gasteiger charge is -2.37. The summed E-state index contributed by atoms with van der Waals surface area (Å²) >= 11 is 0. The number of aryl methyl sites for hydroxylation is 1. The lowest BCUT2D eigenvalue weighted by molar-refractivity contribution is -0.214. The maximum Gasteiger partial charge on any atom is 0.147 e. The first-order valence-electron chi connectivity index (χ1n) is 13.9. The Morgan fingerprint density at radius 3 is 1.45 bits per heavy atom. The van der Waals surface area contributed by atoms with Gasteiger partial charge in [-0.15, -0.1) is 0 Å². The predicted octanol–water partition coefficient (Wildman–Crippen LogP) is -1.41. The number of ether oxygens (including phenoxy) is 2. The Hall–Kier alpha value is -3.04. The SMILES string of the molecule is CCCn1c2cc(C#CC3OC(CO)C(O)C(O)C3O)ccc2c2ccc(C#CC3OC(CO)C(O)C(O)C3O)cc21. The molecule has 0 spiro atoms. The zero-order chi connectivity index (χ0) is 30.1. The molecule has 1 aromatic heterocycles. The van der Waals surface area contributed by atoms with Gasteiger partial charge in [0.15, 0.2) is 0 Å². The molecular weight excluding hydrogens is 546 g/mol. The van der Waals surface area contributed by atoms with Gasteiger partial charge in [-0.3, -0.25) is 0 Å². The van der Waals surface area contributed by atoms with Gasteiger partial charge in [-0.25, -0.2) is 0 Å². The van der Waals surface area contributed by atoms with Crippen molar-refractivity contribution in [1.82, 2.24) is 4.57 Å². The molecule has 8 N–H and O–H groups in total. The van der Waals surface area contributed by atoms with E-state index >= 15 is 0 Å². The smallest absolute Gasteiger partial charge is 0.147 e. The molecule has 5 rings (SSSR count). The van der Waals surface area contributed by atoms with Crippen molar-refractivity contribution in [1.29, 1.82) is 0 Å². The van der Waals surface area contributed by atoms with Crippen LogP contribution in [0.25, 0.3) is 21.8 Å². The molecule has 2 aliphatic heterocycles. The Labute approximate surface area is 242 Å². The molecule has 0 bridgehead atoms. The maximum absolute atomic E-state index is 10.3. The lowest BCUT2D eigenvalue weighted by Crippen LogP contribution is -2.58. The summed E-state index contributed by atoms with van der Waals surface area (Å²) in [5, 5.41) is 81.6. The van der Waals surface area contributed by atoms with Crippen molar-refractivity contribution < 1.29 is 50.3 Å². The van der Waals surface area contributed by atoms with Crippen molar-refractivity contribution in [3.63, 3.8) is 0 Å². The minimum Gasteiger partial charge on any atom is -0.394 e. The van der Waals surface area contributed by atoms with E-state index in [0.29, 0.717) is 17.7 Å². The molecule has 2 aromatic carbocycles. The van der Waals surface area contributed by atoms with Crippen LogP contribution in [-0.4, -0.2) is 120 Å². The van der Waals surface area contributed by atoms with Crippen LogP contribution in [-0.2, 0) is 16.0 Å². The lowest BCUT2D eigenvalue weighted by atomic mass is 9.95. The standard InChI is InChI=1S/C31H35NO10/c1-2-11-32-20-12-16(5-9-22-26(35)30(39)28(37)24(14-33)41-22)3-7-18(20)19-8-4-17(13-21(19)32)6-10-23-27(36)31(40)29(38)25(15-34)42-23/h3-4,7-8,12-13,22-31,33-40H,2,11,14-15H2,1H3. The third-order valence-corrected chi connectivity index (χ3v) is 7.82. The van der Waals surface area contributed by atoms with E-state index in [1.807, 2.05) is 36.4 Å². The van der Waals surface area contributed by atoms with Crippen molar-refractivity contribution >= 4 is 21.8 Å². The van der Waals surface area contributed by atoms with Crippen LogP contribution in [0.3, 0.4) is 0 Å². The third-order valence-electron chi connectivity index (χ3n) is 7.82. The van der Waals surface area contributed by atoms with E-state index in [1.165, 1.54) is 0 Å². The molecule has 0 amide bonds. The normalized spacial score (nSPS) is 33.2. The van der Waals surface area contributed by atoms with Crippen LogP contribution in [0.4, 0.5) is 0 Å². The molecule has 3 aromatic rings. The summed E-state index contributed by atoms with van der Waals surface area (Å²) in [6.45, 7) is 1.71. The van der Waals surface area contributed by atoms with E-state index in [9.17, 15) is 40.9 Å². The van der Waals surface area contributed by atoms with Gasteiger partial charge in [0, 0.05) is 28.4 Å². The highest BCUT2D eigenvalue weighted by Crippen LogP contribution is 2.31. The fraction of sp³-hybridized carbons (Fsp3) is 0.484. The monoisotopic (exact) mass is 581 g/mol. The van der Waals surface area contributed by atoms with Crippen LogP contribution in [0, 0.1) is 23.7 Å². The van der Waals surface area contributed by atoms with E-state index in [2.05, 4.69) is 35.2 Å². The van der Waals surface area contributed by atoms with Crippen LogP contribution < -0.4 is 0 Å². The molecule has 11 nitrogen and oxygen atoms in total. The minimum atomic E-state index is -1.50. The third kappa shape index (κ3) is 5.65. The fourth-order valence-electron chi connectivity index (χ4n) is 5.47. The molecule has 224 valence electrons. The summed E-state index contributed by atoms with van der Waals surface area (Å²) in [6.07, 6.45) is -12.2. The van der Waals surface area contributed by atoms with Gasteiger partial charge in [-0.1, -0.05) is 42.7 Å². The molecule has 2 saturated heterocycles. The van der Waals surface area contributed by atoms with Gasteiger partial charge >= 0.3 is 0 Å². The second-order valence-electron chi connectivity index (χ2n) is 10.7. The van der Waals surface area contributed by atoms with Crippen molar-refractivity contribution in [3.05, 3.63) is 47.5 Å². The summed E-state index contributed by atoms with van der Waals surface area (Å²) in [6, 6.07) is 11.4. The van der Waals surface area contributed by atoms with Crippen molar-refractivity contribution in [3.8, 4) is 23.7 Å². The van der Waals surface area contributed by atoms with Crippen LogP contribution in [0.2, 0.25) is 0 Å². The summed E-state index contributed by atoms with van der Waals surface area (Å²) in [7, 11) is 0. The molecule has 0 aliphatic carbocycles. The second-order valence-corrected chi connectivity index (χ2v) is 10.7. The van der Waals surface area contributed by atoms with Gasteiger partial charge in [0.2, 0.25) is 0 Å². The number of aliphatic hydroxyl groups is 8. The molecule has 0 saturated carbocycles. The van der Waals surface area contributed by atoms with Gasteiger partial charge in [0.1, 0.15) is 61.0 Å². The van der Waals surface area contributed by atoms with E-state index in [4.69, 9.17) is 9.47 Å². The predicted molar refractivity (Wildman–Crippen MR) is 151 cm³/mol. The zero-order valence-electron chi connectivity index (χ0n) is 22.9. The van der Waals surface area contributed by atoms with Gasteiger partial charge < -0.3 is 54.9 Å². The van der Waals surface area contributed by atoms with Gasteiger partial charge in [-0.2, -0.15) is 0 Å². The average molecular weight is 582 g/mol. The second kappa shape index (κ2) is 12.7. The summed E-state index contributed by atoms with van der Waals surface area (Å²) < 4.78 is 13.1. The van der Waals surface area contributed by atoms with E-state index < -0.39 is 74.3 Å². The molecule has 2 fully saturated rings. The first kappa shape index (κ1) is 30.4. The number of nitrogens with zero attached hydrogens (tertiary/aromatic N) is 1. The fourth-order valence-corrected chi connectivity index (χ4v) is 5.47. The number of rotatable bonds is 4. The quantitative estimate of drug-likeness (QED) is 0.170. The van der Waals surface area contributed by atoms with Crippen LogP contribution in [0.1, 0.15) is 24.5 Å². The largest absolute Gasteiger partial charge is 0.394 e. The number of fused-ring (bicyclic) bond motifs is 3. The molecule has 10 atom stereocenters. The molecular formula is C31H35NO10. The molecule has 42 heavy (non-hydrogen) atoms. The summed E-state index contributed by atoms with van der Waals surface area (Å²) in [4.78, 5) is 0. The van der Waals surface area contributed by atoms with E-state index in [-0.39, 0.29) is 0 Å². The number of aliphatic hydroxyl groups excluding tert-OH is 8. The number of aromatic nitrogens is 1. The zero-order valence-corrected chi connectivity index (χ0v) is 22.9. The van der Waals surface area contributed by atoms with Crippen molar-refractivity contribution in [2.75, 3.05) is 13.2 Å². The highest BCUT2D eigenvalue weighted by atomic mass is 16.5. The maximum atomic E-state index is 10.3. The molecule has 0 radical (unpaired) electrons. The highest BCUT2D eigenvalue weighted by Gasteiger charge is 2.43. The van der Waals surface area contributed by atoms with E-state index in [0.717, 1.165) is 28.2 Å². The molecule has 3 heterocycles. The summed E-state index contributed by atoms with van der Waals surface area (Å²) in [5.41, 5.74) is 3.13. The van der Waals surface area contributed by atoms with E-state index in [1.54, 1.807) is 0 Å². The Morgan fingerprint density at radius 1 is 0.643 bits per heavy atom. The van der Waals surface area contributed by atoms with Crippen LogP contribution >= 0.6 is 0 Å². The summed E-state index contributed by atoms with van der Waals surface area (Å²) in [5.74, 6) is 11.6. The van der Waals surface area contributed by atoms with Crippen molar-refractivity contribution in [2.24, 2.45) is 0 Å². The Balaban J connectivity index is 1.47. The Kier molecular flexibility index (Phi) is 9.18. The highest BCUT2D eigenvalue weighted by molar-refractivity contribution is 6.08. The molecule has 11 heteroatoms.